The first kappa shape index (κ1) is 11.3. The summed E-state index contributed by atoms with van der Waals surface area (Å²) in [4.78, 5) is 11.6. The number of carbonyl (C=O) groups is 1. The van der Waals surface area contributed by atoms with E-state index in [0.717, 1.165) is 11.1 Å². The standard InChI is InChI=1S/C12H13N3O2/c1-8-4-6-9(7-5-8)10-11(12(16)17-3)15(2)14-13-10/h4-7H,1-3H3. The highest BCUT2D eigenvalue weighted by molar-refractivity contribution is 5.94. The van der Waals surface area contributed by atoms with Gasteiger partial charge in [0.15, 0.2) is 5.69 Å². The maximum atomic E-state index is 11.6. The highest BCUT2D eigenvalue weighted by Crippen LogP contribution is 2.21. The van der Waals surface area contributed by atoms with Crippen molar-refractivity contribution in [3.05, 3.63) is 35.5 Å². The van der Waals surface area contributed by atoms with Gasteiger partial charge in [0.2, 0.25) is 0 Å². The second-order valence-electron chi connectivity index (χ2n) is 3.77. The number of hydrogen-bond acceptors (Lipinski definition) is 4. The predicted octanol–water partition coefficient (Wildman–Crippen LogP) is 1.58. The summed E-state index contributed by atoms with van der Waals surface area (Å²) in [5.74, 6) is -0.437. The van der Waals surface area contributed by atoms with Gasteiger partial charge in [0.1, 0.15) is 5.69 Å². The van der Waals surface area contributed by atoms with Gasteiger partial charge in [-0.3, -0.25) is 0 Å². The molecule has 0 aliphatic carbocycles. The molecule has 1 aromatic heterocycles. The Morgan fingerprint density at radius 2 is 1.94 bits per heavy atom. The Hall–Kier alpha value is -2.17. The molecule has 2 rings (SSSR count). The van der Waals surface area contributed by atoms with Crippen LogP contribution in [0.2, 0.25) is 0 Å². The Balaban J connectivity index is 2.52. The van der Waals surface area contributed by atoms with Crippen LogP contribution in [0.3, 0.4) is 0 Å². The molecular formula is C12H13N3O2. The molecule has 17 heavy (non-hydrogen) atoms. The third kappa shape index (κ3) is 2.04. The van der Waals surface area contributed by atoms with Crippen LogP contribution < -0.4 is 0 Å². The Bertz CT molecular complexity index is 543. The van der Waals surface area contributed by atoms with Crippen molar-refractivity contribution in [2.45, 2.75) is 6.92 Å². The topological polar surface area (TPSA) is 57.0 Å². The van der Waals surface area contributed by atoms with E-state index in [-0.39, 0.29) is 0 Å². The lowest BCUT2D eigenvalue weighted by atomic mass is 10.1. The van der Waals surface area contributed by atoms with E-state index >= 15 is 0 Å². The molecule has 0 fully saturated rings. The highest BCUT2D eigenvalue weighted by Gasteiger charge is 2.20. The number of aromatic nitrogens is 3. The molecule has 0 saturated heterocycles. The number of ether oxygens (including phenoxy) is 1. The molecule has 0 radical (unpaired) electrons. The van der Waals surface area contributed by atoms with Crippen LogP contribution in [-0.4, -0.2) is 28.1 Å². The lowest BCUT2D eigenvalue weighted by molar-refractivity contribution is 0.0589. The average Bonchev–Trinajstić information content (AvgIpc) is 2.71. The van der Waals surface area contributed by atoms with Crippen molar-refractivity contribution < 1.29 is 9.53 Å². The van der Waals surface area contributed by atoms with Crippen LogP contribution in [0.1, 0.15) is 16.1 Å². The van der Waals surface area contributed by atoms with Crippen LogP contribution in [0.25, 0.3) is 11.3 Å². The second kappa shape index (κ2) is 4.37. The third-order valence-electron chi connectivity index (χ3n) is 2.53. The van der Waals surface area contributed by atoms with Crippen molar-refractivity contribution in [3.63, 3.8) is 0 Å². The average molecular weight is 231 g/mol. The molecule has 88 valence electrons. The van der Waals surface area contributed by atoms with E-state index in [1.54, 1.807) is 7.05 Å². The van der Waals surface area contributed by atoms with Gasteiger partial charge in [-0.1, -0.05) is 35.0 Å². The number of methoxy groups -OCH3 is 1. The van der Waals surface area contributed by atoms with E-state index in [0.29, 0.717) is 11.4 Å². The Morgan fingerprint density at radius 3 is 2.53 bits per heavy atom. The van der Waals surface area contributed by atoms with E-state index in [2.05, 4.69) is 10.3 Å². The number of esters is 1. The molecule has 0 bridgehead atoms. The molecule has 0 aliphatic rings. The van der Waals surface area contributed by atoms with Crippen LogP contribution in [0.5, 0.6) is 0 Å². The van der Waals surface area contributed by atoms with E-state index in [4.69, 9.17) is 4.74 Å². The summed E-state index contributed by atoms with van der Waals surface area (Å²) in [6, 6.07) is 7.74. The minimum Gasteiger partial charge on any atom is -0.464 e. The van der Waals surface area contributed by atoms with Crippen LogP contribution in [0.4, 0.5) is 0 Å². The number of hydrogen-bond donors (Lipinski definition) is 0. The molecule has 5 nitrogen and oxygen atoms in total. The monoisotopic (exact) mass is 231 g/mol. The second-order valence-corrected chi connectivity index (χ2v) is 3.77. The molecular weight excluding hydrogens is 218 g/mol. The van der Waals surface area contributed by atoms with Crippen LogP contribution in [0, 0.1) is 6.92 Å². The van der Waals surface area contributed by atoms with Gasteiger partial charge in [0.05, 0.1) is 7.11 Å². The summed E-state index contributed by atoms with van der Waals surface area (Å²) in [6.45, 7) is 2.00. The highest BCUT2D eigenvalue weighted by atomic mass is 16.5. The predicted molar refractivity (Wildman–Crippen MR) is 62.5 cm³/mol. The fraction of sp³-hybridized carbons (Fsp3) is 0.250. The van der Waals surface area contributed by atoms with Gasteiger partial charge in [0, 0.05) is 12.6 Å². The van der Waals surface area contributed by atoms with E-state index in [9.17, 15) is 4.79 Å². The van der Waals surface area contributed by atoms with Crippen LogP contribution >= 0.6 is 0 Å². The lowest BCUT2D eigenvalue weighted by Gasteiger charge is -2.02. The summed E-state index contributed by atoms with van der Waals surface area (Å²) in [5, 5.41) is 7.85. The summed E-state index contributed by atoms with van der Waals surface area (Å²) in [6.07, 6.45) is 0. The Morgan fingerprint density at radius 1 is 1.29 bits per heavy atom. The van der Waals surface area contributed by atoms with Gasteiger partial charge < -0.3 is 4.74 Å². The normalized spacial score (nSPS) is 10.3. The molecule has 0 atom stereocenters. The number of benzene rings is 1. The summed E-state index contributed by atoms with van der Waals surface area (Å²) >= 11 is 0. The number of carbonyl (C=O) groups excluding carboxylic acids is 1. The summed E-state index contributed by atoms with van der Waals surface area (Å²) in [7, 11) is 3.01. The first-order valence-electron chi connectivity index (χ1n) is 5.18. The fourth-order valence-corrected chi connectivity index (χ4v) is 1.59. The van der Waals surface area contributed by atoms with Gasteiger partial charge in [-0.05, 0) is 6.92 Å². The van der Waals surface area contributed by atoms with Crippen molar-refractivity contribution in [1.29, 1.82) is 0 Å². The van der Waals surface area contributed by atoms with Crippen molar-refractivity contribution in [1.82, 2.24) is 15.0 Å². The molecule has 1 heterocycles. The summed E-state index contributed by atoms with van der Waals surface area (Å²) < 4.78 is 6.14. The van der Waals surface area contributed by atoms with E-state index in [1.165, 1.54) is 11.8 Å². The Kier molecular flexibility index (Phi) is 2.91. The van der Waals surface area contributed by atoms with Crippen molar-refractivity contribution in [2.75, 3.05) is 7.11 Å². The number of rotatable bonds is 2. The van der Waals surface area contributed by atoms with Crippen molar-refractivity contribution in [2.24, 2.45) is 7.05 Å². The van der Waals surface area contributed by atoms with Crippen molar-refractivity contribution in [3.8, 4) is 11.3 Å². The van der Waals surface area contributed by atoms with E-state index < -0.39 is 5.97 Å². The molecule has 0 N–H and O–H groups in total. The van der Waals surface area contributed by atoms with Crippen molar-refractivity contribution >= 4 is 5.97 Å². The minimum atomic E-state index is -0.437. The van der Waals surface area contributed by atoms with Crippen LogP contribution in [-0.2, 0) is 11.8 Å². The molecule has 0 saturated carbocycles. The first-order valence-corrected chi connectivity index (χ1v) is 5.18. The Labute approximate surface area is 99.0 Å². The molecule has 0 aliphatic heterocycles. The third-order valence-corrected chi connectivity index (χ3v) is 2.53. The fourth-order valence-electron chi connectivity index (χ4n) is 1.59. The lowest BCUT2D eigenvalue weighted by Crippen LogP contribution is -2.09. The van der Waals surface area contributed by atoms with Gasteiger partial charge in [-0.15, -0.1) is 5.10 Å². The van der Waals surface area contributed by atoms with E-state index in [1.807, 2.05) is 31.2 Å². The summed E-state index contributed by atoms with van der Waals surface area (Å²) in [5.41, 5.74) is 2.90. The van der Waals surface area contributed by atoms with Gasteiger partial charge in [-0.25, -0.2) is 9.48 Å². The number of aryl methyl sites for hydroxylation is 2. The van der Waals surface area contributed by atoms with Gasteiger partial charge >= 0.3 is 5.97 Å². The van der Waals surface area contributed by atoms with Gasteiger partial charge in [0.25, 0.3) is 0 Å². The maximum absolute atomic E-state index is 11.6. The zero-order valence-electron chi connectivity index (χ0n) is 9.97. The van der Waals surface area contributed by atoms with Gasteiger partial charge in [-0.2, -0.15) is 0 Å². The zero-order chi connectivity index (χ0) is 12.4. The van der Waals surface area contributed by atoms with Crippen LogP contribution in [0.15, 0.2) is 24.3 Å². The molecule has 5 heteroatoms. The first-order chi connectivity index (χ1) is 8.13. The smallest absolute Gasteiger partial charge is 0.358 e. The molecule has 0 amide bonds. The SMILES string of the molecule is COC(=O)c1c(-c2ccc(C)cc2)nnn1C. The largest absolute Gasteiger partial charge is 0.464 e. The molecule has 0 unspecified atom stereocenters. The quantitative estimate of drug-likeness (QED) is 0.736. The minimum absolute atomic E-state index is 0.358. The maximum Gasteiger partial charge on any atom is 0.358 e. The molecule has 2 aromatic rings. The zero-order valence-corrected chi connectivity index (χ0v) is 9.97. The molecule has 0 spiro atoms. The number of nitrogens with zero attached hydrogens (tertiary/aromatic N) is 3. The molecule has 1 aromatic carbocycles.